The van der Waals surface area contributed by atoms with E-state index in [2.05, 4.69) is 4.90 Å². The summed E-state index contributed by atoms with van der Waals surface area (Å²) in [6, 6.07) is 1.63. The summed E-state index contributed by atoms with van der Waals surface area (Å²) in [4.78, 5) is 2.64. The monoisotopic (exact) mass is 154 g/mol. The van der Waals surface area contributed by atoms with Crippen molar-refractivity contribution in [2.75, 3.05) is 13.1 Å². The van der Waals surface area contributed by atoms with Gasteiger partial charge in [-0.2, -0.15) is 0 Å². The van der Waals surface area contributed by atoms with Crippen molar-refractivity contribution in [3.8, 4) is 0 Å². The second kappa shape index (κ2) is 3.11. The lowest BCUT2D eigenvalue weighted by Gasteiger charge is -2.38. The van der Waals surface area contributed by atoms with Crippen molar-refractivity contribution >= 4 is 0 Å². The second-order valence-electron chi connectivity index (χ2n) is 3.85. The van der Waals surface area contributed by atoms with E-state index in [0.29, 0.717) is 0 Å². The van der Waals surface area contributed by atoms with Crippen LogP contribution >= 0.6 is 0 Å². The summed E-state index contributed by atoms with van der Waals surface area (Å²) in [5, 5.41) is 0. The molecule has 0 aromatic heterocycles. The maximum Gasteiger partial charge on any atom is 0.0221 e. The van der Waals surface area contributed by atoms with Gasteiger partial charge in [-0.1, -0.05) is 6.42 Å². The van der Waals surface area contributed by atoms with Gasteiger partial charge in [0.05, 0.1) is 0 Å². The molecule has 0 bridgehead atoms. The maximum absolute atomic E-state index is 5.70. The molecule has 1 aliphatic carbocycles. The van der Waals surface area contributed by atoms with Crippen LogP contribution in [0.15, 0.2) is 0 Å². The van der Waals surface area contributed by atoms with Crippen molar-refractivity contribution < 1.29 is 0 Å². The molecule has 2 rings (SSSR count). The molecule has 1 unspecified atom stereocenters. The van der Waals surface area contributed by atoms with Crippen LogP contribution in [-0.2, 0) is 0 Å². The van der Waals surface area contributed by atoms with Gasteiger partial charge in [0.25, 0.3) is 0 Å². The Labute approximate surface area is 68.7 Å². The van der Waals surface area contributed by atoms with E-state index in [0.717, 1.165) is 18.6 Å². The predicted molar refractivity (Wildman–Crippen MR) is 46.4 cm³/mol. The quantitative estimate of drug-likeness (QED) is 0.642. The molecular weight excluding hydrogens is 136 g/mol. The fraction of sp³-hybridized carbons (Fsp3) is 1.00. The molecule has 2 N–H and O–H groups in total. The third kappa shape index (κ3) is 1.30. The molecule has 2 aliphatic rings. The molecule has 1 saturated carbocycles. The number of rotatable bonds is 2. The molecule has 0 spiro atoms. The van der Waals surface area contributed by atoms with E-state index in [1.54, 1.807) is 0 Å². The predicted octanol–water partition coefficient (Wildman–Crippen LogP) is 0.962. The molecule has 1 heterocycles. The van der Waals surface area contributed by atoms with Gasteiger partial charge in [0, 0.05) is 18.6 Å². The fourth-order valence-electron chi connectivity index (χ4n) is 2.31. The number of nitrogens with zero attached hydrogens (tertiary/aromatic N) is 1. The molecule has 64 valence electrons. The zero-order chi connectivity index (χ0) is 7.68. The molecule has 2 fully saturated rings. The Kier molecular flexibility index (Phi) is 2.14. The first-order chi connectivity index (χ1) is 5.42. The summed E-state index contributed by atoms with van der Waals surface area (Å²) in [7, 11) is 0. The first kappa shape index (κ1) is 7.56. The highest BCUT2D eigenvalue weighted by Crippen LogP contribution is 2.30. The van der Waals surface area contributed by atoms with E-state index < -0.39 is 0 Å². The third-order valence-corrected chi connectivity index (χ3v) is 3.24. The molecule has 0 amide bonds. The maximum atomic E-state index is 5.70. The molecule has 0 radical (unpaired) electrons. The number of hydrogen-bond donors (Lipinski definition) is 1. The smallest absolute Gasteiger partial charge is 0.0221 e. The van der Waals surface area contributed by atoms with Gasteiger partial charge in [-0.25, -0.2) is 0 Å². The lowest BCUT2D eigenvalue weighted by molar-refractivity contribution is 0.117. The molecule has 0 aromatic carbocycles. The molecule has 2 heteroatoms. The highest BCUT2D eigenvalue weighted by molar-refractivity contribution is 4.89. The van der Waals surface area contributed by atoms with Gasteiger partial charge in [-0.15, -0.1) is 0 Å². The first-order valence-electron chi connectivity index (χ1n) is 4.87. The van der Waals surface area contributed by atoms with E-state index in [1.807, 2.05) is 0 Å². The normalized spacial score (nSPS) is 34.1. The Morgan fingerprint density at radius 1 is 1.18 bits per heavy atom. The summed E-state index contributed by atoms with van der Waals surface area (Å²) >= 11 is 0. The van der Waals surface area contributed by atoms with Crippen molar-refractivity contribution in [2.45, 2.75) is 44.2 Å². The van der Waals surface area contributed by atoms with E-state index in [1.165, 1.54) is 38.6 Å². The third-order valence-electron chi connectivity index (χ3n) is 3.24. The lowest BCUT2D eigenvalue weighted by atomic mass is 9.91. The molecule has 1 atom stereocenters. The largest absolute Gasteiger partial charge is 0.329 e. The second-order valence-corrected chi connectivity index (χ2v) is 3.85. The Balaban J connectivity index is 1.89. The summed E-state index contributed by atoms with van der Waals surface area (Å²) in [6.07, 6.45) is 7.01. The Bertz CT molecular complexity index is 132. The van der Waals surface area contributed by atoms with Crippen LogP contribution in [0.5, 0.6) is 0 Å². The van der Waals surface area contributed by atoms with Gasteiger partial charge in [-0.05, 0) is 32.2 Å². The molecule has 2 nitrogen and oxygen atoms in total. The van der Waals surface area contributed by atoms with Crippen LogP contribution in [0.4, 0.5) is 0 Å². The topological polar surface area (TPSA) is 29.3 Å². The Morgan fingerprint density at radius 2 is 2.00 bits per heavy atom. The zero-order valence-corrected chi connectivity index (χ0v) is 7.13. The van der Waals surface area contributed by atoms with Crippen LogP contribution in [0, 0.1) is 0 Å². The first-order valence-corrected chi connectivity index (χ1v) is 4.87. The summed E-state index contributed by atoms with van der Waals surface area (Å²) in [5.41, 5.74) is 5.70. The van der Waals surface area contributed by atoms with Crippen molar-refractivity contribution in [2.24, 2.45) is 5.73 Å². The van der Waals surface area contributed by atoms with Crippen LogP contribution in [0.2, 0.25) is 0 Å². The molecule has 1 saturated heterocycles. The Morgan fingerprint density at radius 3 is 2.55 bits per heavy atom. The molecular formula is C9H18N2. The Hall–Kier alpha value is -0.0800. The number of hydrogen-bond acceptors (Lipinski definition) is 2. The minimum Gasteiger partial charge on any atom is -0.329 e. The van der Waals surface area contributed by atoms with E-state index >= 15 is 0 Å². The summed E-state index contributed by atoms with van der Waals surface area (Å²) in [5.74, 6) is 0. The van der Waals surface area contributed by atoms with Gasteiger partial charge in [-0.3, -0.25) is 4.90 Å². The minimum absolute atomic E-state index is 0.722. The van der Waals surface area contributed by atoms with E-state index in [4.69, 9.17) is 5.73 Å². The van der Waals surface area contributed by atoms with Crippen molar-refractivity contribution in [3.63, 3.8) is 0 Å². The summed E-state index contributed by atoms with van der Waals surface area (Å²) < 4.78 is 0. The number of nitrogens with two attached hydrogens (primary N) is 1. The molecule has 11 heavy (non-hydrogen) atoms. The van der Waals surface area contributed by atoms with Gasteiger partial charge >= 0.3 is 0 Å². The van der Waals surface area contributed by atoms with E-state index in [-0.39, 0.29) is 0 Å². The van der Waals surface area contributed by atoms with E-state index in [9.17, 15) is 0 Å². The van der Waals surface area contributed by atoms with Crippen LogP contribution in [0.25, 0.3) is 0 Å². The van der Waals surface area contributed by atoms with Gasteiger partial charge in [0.1, 0.15) is 0 Å². The minimum atomic E-state index is 0.722. The van der Waals surface area contributed by atoms with Gasteiger partial charge < -0.3 is 5.73 Å². The van der Waals surface area contributed by atoms with Crippen LogP contribution in [0.3, 0.4) is 0 Å². The van der Waals surface area contributed by atoms with Crippen LogP contribution < -0.4 is 5.73 Å². The van der Waals surface area contributed by atoms with Gasteiger partial charge in [0.15, 0.2) is 0 Å². The average Bonchev–Trinajstić information content (AvgIpc) is 2.32. The van der Waals surface area contributed by atoms with Crippen LogP contribution in [-0.4, -0.2) is 30.1 Å². The average molecular weight is 154 g/mol. The van der Waals surface area contributed by atoms with Crippen molar-refractivity contribution in [3.05, 3.63) is 0 Å². The van der Waals surface area contributed by atoms with Crippen LogP contribution in [0.1, 0.15) is 32.1 Å². The SMILES string of the molecule is NCC1CCCN1C1CCC1. The molecule has 1 aliphatic heterocycles. The highest BCUT2D eigenvalue weighted by Gasteiger charge is 2.32. The summed E-state index contributed by atoms with van der Waals surface area (Å²) in [6.45, 7) is 2.18. The molecule has 0 aromatic rings. The lowest BCUT2D eigenvalue weighted by Crippen LogP contribution is -2.45. The highest BCUT2D eigenvalue weighted by atomic mass is 15.2. The van der Waals surface area contributed by atoms with Gasteiger partial charge in [0.2, 0.25) is 0 Å². The zero-order valence-electron chi connectivity index (χ0n) is 7.13. The van der Waals surface area contributed by atoms with Crippen molar-refractivity contribution in [1.82, 2.24) is 4.90 Å². The van der Waals surface area contributed by atoms with Crippen molar-refractivity contribution in [1.29, 1.82) is 0 Å². The number of likely N-dealkylation sites (tertiary alicyclic amines) is 1. The fourth-order valence-corrected chi connectivity index (χ4v) is 2.31. The standard InChI is InChI=1S/C9H18N2/c10-7-9-5-2-6-11(9)8-3-1-4-8/h8-9H,1-7,10H2.